The average molecular weight is 238 g/mol. The van der Waals surface area contributed by atoms with Gasteiger partial charge in [-0.2, -0.15) is 0 Å². The Hall–Kier alpha value is -1.03. The Morgan fingerprint density at radius 3 is 3.00 bits per heavy atom. The normalized spacial score (nSPS) is 20.2. The minimum Gasteiger partial charge on any atom is -0.470 e. The van der Waals surface area contributed by atoms with Gasteiger partial charge in [-0.3, -0.25) is 0 Å². The molecule has 0 radical (unpaired) electrons. The number of H-pyrrole nitrogens is 2. The zero-order valence-electron chi connectivity index (χ0n) is 9.75. The molecule has 0 aliphatic heterocycles. The number of aromatic amines is 2. The molecule has 2 N–H and O–H groups in total. The van der Waals surface area contributed by atoms with E-state index in [2.05, 4.69) is 29.9 Å². The Bertz CT molecular complexity index is 430. The van der Waals surface area contributed by atoms with Crippen molar-refractivity contribution in [3.05, 3.63) is 22.6 Å². The number of nitrogens with one attached hydrogen (secondary N) is 2. The molecule has 0 amide bonds. The minimum atomic E-state index is 0.226. The average Bonchev–Trinajstić information content (AvgIpc) is 2.77. The van der Waals surface area contributed by atoms with E-state index in [9.17, 15) is 0 Å². The van der Waals surface area contributed by atoms with E-state index in [-0.39, 0.29) is 6.10 Å². The second-order valence-corrected chi connectivity index (χ2v) is 5.08. The van der Waals surface area contributed by atoms with Crippen molar-refractivity contribution in [2.75, 3.05) is 0 Å². The van der Waals surface area contributed by atoms with Crippen LogP contribution in [0.3, 0.4) is 0 Å². The second kappa shape index (κ2) is 4.87. The lowest BCUT2D eigenvalue weighted by Gasteiger charge is -2.17. The van der Waals surface area contributed by atoms with Gasteiger partial charge >= 0.3 is 0 Å². The second-order valence-electron chi connectivity index (χ2n) is 4.67. The smallest absolute Gasteiger partial charge is 0.210 e. The zero-order valence-corrected chi connectivity index (χ0v) is 10.6. The molecule has 1 heterocycles. The van der Waals surface area contributed by atoms with E-state index >= 15 is 0 Å². The molecule has 0 aromatic carbocycles. The monoisotopic (exact) mass is 238 g/mol. The van der Waals surface area contributed by atoms with Crippen molar-refractivity contribution < 1.29 is 4.74 Å². The lowest BCUT2D eigenvalue weighted by molar-refractivity contribution is 0.223. The van der Waals surface area contributed by atoms with Gasteiger partial charge in [0.05, 0.1) is 6.20 Å². The third kappa shape index (κ3) is 2.76. The Kier molecular flexibility index (Phi) is 3.49. The number of aromatic nitrogens is 2. The van der Waals surface area contributed by atoms with E-state index in [1.54, 1.807) is 6.20 Å². The van der Waals surface area contributed by atoms with E-state index in [0.29, 0.717) is 10.7 Å². The van der Waals surface area contributed by atoms with Crippen LogP contribution in [0.5, 0.6) is 5.88 Å². The van der Waals surface area contributed by atoms with Crippen LogP contribution in [0.1, 0.15) is 33.1 Å². The first-order valence-electron chi connectivity index (χ1n) is 5.78. The molecule has 0 saturated heterocycles. The summed E-state index contributed by atoms with van der Waals surface area (Å²) in [4.78, 5) is 5.90. The molecule has 3 nitrogen and oxygen atoms in total. The van der Waals surface area contributed by atoms with E-state index in [1.807, 2.05) is 0 Å². The maximum atomic E-state index is 5.89. The molecule has 1 aliphatic rings. The highest BCUT2D eigenvalue weighted by molar-refractivity contribution is 7.71. The summed E-state index contributed by atoms with van der Waals surface area (Å²) in [5.41, 5.74) is 1.43. The van der Waals surface area contributed by atoms with Crippen LogP contribution in [-0.2, 0) is 0 Å². The van der Waals surface area contributed by atoms with Crippen molar-refractivity contribution in [2.45, 2.75) is 39.2 Å². The lowest BCUT2D eigenvalue weighted by Crippen LogP contribution is -2.17. The molecule has 16 heavy (non-hydrogen) atoms. The molecule has 0 bridgehead atoms. The number of allylic oxidation sites excluding steroid dienone is 1. The van der Waals surface area contributed by atoms with Crippen LogP contribution in [-0.4, -0.2) is 16.1 Å². The largest absolute Gasteiger partial charge is 0.470 e. The molecular weight excluding hydrogens is 220 g/mol. The molecule has 2 rings (SSSR count). The van der Waals surface area contributed by atoms with Gasteiger partial charge in [-0.15, -0.1) is 0 Å². The van der Waals surface area contributed by atoms with Crippen molar-refractivity contribution in [3.8, 4) is 5.88 Å². The van der Waals surface area contributed by atoms with E-state index in [1.165, 1.54) is 5.57 Å². The van der Waals surface area contributed by atoms with Gasteiger partial charge in [-0.25, -0.2) is 0 Å². The van der Waals surface area contributed by atoms with Gasteiger partial charge in [0.2, 0.25) is 5.88 Å². The van der Waals surface area contributed by atoms with Crippen LogP contribution in [0, 0.1) is 10.7 Å². The molecule has 0 fully saturated rings. The fraction of sp³-hybridized carbons (Fsp3) is 0.583. The molecule has 4 heteroatoms. The Morgan fingerprint density at radius 2 is 2.38 bits per heavy atom. The fourth-order valence-electron chi connectivity index (χ4n) is 2.09. The quantitative estimate of drug-likeness (QED) is 0.621. The summed E-state index contributed by atoms with van der Waals surface area (Å²) in [7, 11) is 0. The van der Waals surface area contributed by atoms with Crippen LogP contribution in [0.15, 0.2) is 17.8 Å². The molecular formula is C12H18N2OS. The van der Waals surface area contributed by atoms with Crippen molar-refractivity contribution in [2.24, 2.45) is 5.92 Å². The molecule has 1 aromatic rings. The van der Waals surface area contributed by atoms with Crippen molar-refractivity contribution in [1.82, 2.24) is 9.97 Å². The topological polar surface area (TPSA) is 40.8 Å². The molecule has 1 unspecified atom stereocenters. The van der Waals surface area contributed by atoms with Crippen molar-refractivity contribution >= 4 is 12.2 Å². The number of imidazole rings is 1. The third-order valence-electron chi connectivity index (χ3n) is 2.73. The highest BCUT2D eigenvalue weighted by Gasteiger charge is 2.21. The van der Waals surface area contributed by atoms with E-state index < -0.39 is 0 Å². The fourth-order valence-corrected chi connectivity index (χ4v) is 2.25. The number of hydrogen-bond donors (Lipinski definition) is 2. The molecule has 0 spiro atoms. The molecule has 1 atom stereocenters. The Labute approximate surface area is 101 Å². The maximum absolute atomic E-state index is 5.89. The first-order chi connectivity index (χ1) is 7.65. The summed E-state index contributed by atoms with van der Waals surface area (Å²) in [6.45, 7) is 4.47. The molecule has 88 valence electrons. The van der Waals surface area contributed by atoms with E-state index in [4.69, 9.17) is 17.0 Å². The maximum Gasteiger partial charge on any atom is 0.210 e. The Morgan fingerprint density at radius 1 is 1.56 bits per heavy atom. The zero-order chi connectivity index (χ0) is 11.5. The van der Waals surface area contributed by atoms with Gasteiger partial charge in [0.1, 0.15) is 6.10 Å². The summed E-state index contributed by atoms with van der Waals surface area (Å²) in [5.74, 6) is 1.42. The highest BCUT2D eigenvalue weighted by Crippen LogP contribution is 2.28. The molecule has 1 aliphatic carbocycles. The van der Waals surface area contributed by atoms with Crippen LogP contribution in [0.4, 0.5) is 0 Å². The molecule has 1 aromatic heterocycles. The predicted molar refractivity (Wildman–Crippen MR) is 67.2 cm³/mol. The number of rotatable bonds is 4. The van der Waals surface area contributed by atoms with Gasteiger partial charge in [0, 0.05) is 0 Å². The summed E-state index contributed by atoms with van der Waals surface area (Å²) < 4.78 is 6.50. The van der Waals surface area contributed by atoms with E-state index in [0.717, 1.165) is 25.1 Å². The predicted octanol–water partition coefficient (Wildman–Crippen LogP) is 3.59. The van der Waals surface area contributed by atoms with Crippen LogP contribution in [0.25, 0.3) is 0 Å². The summed E-state index contributed by atoms with van der Waals surface area (Å²) in [5, 5.41) is 0. The summed E-state index contributed by atoms with van der Waals surface area (Å²) in [6, 6.07) is 0. The van der Waals surface area contributed by atoms with Gasteiger partial charge in [-0.05, 0) is 43.0 Å². The van der Waals surface area contributed by atoms with Crippen molar-refractivity contribution in [1.29, 1.82) is 0 Å². The number of ether oxygens (including phenoxy) is 1. The first-order valence-corrected chi connectivity index (χ1v) is 6.19. The summed E-state index contributed by atoms with van der Waals surface area (Å²) >= 11 is 4.97. The minimum absolute atomic E-state index is 0.226. The highest BCUT2D eigenvalue weighted by atomic mass is 32.1. The summed E-state index contributed by atoms with van der Waals surface area (Å²) in [6.07, 6.45) is 7.64. The van der Waals surface area contributed by atoms with Gasteiger partial charge in [0.25, 0.3) is 0 Å². The standard InChI is InChI=1S/C12H18N2OS/c1-8(2)6-9-4-3-5-10(9)15-11-7-13-12(16)14-11/h4,7-8,10H,3,5-6H2,1-2H3,(H2,13,14,16). The number of hydrogen-bond acceptors (Lipinski definition) is 2. The lowest BCUT2D eigenvalue weighted by atomic mass is 10.0. The third-order valence-corrected chi connectivity index (χ3v) is 2.95. The van der Waals surface area contributed by atoms with Gasteiger partial charge in [0.15, 0.2) is 4.77 Å². The Balaban J connectivity index is 2.00. The van der Waals surface area contributed by atoms with Crippen LogP contribution >= 0.6 is 12.2 Å². The molecule has 0 saturated carbocycles. The first kappa shape index (κ1) is 11.5. The SMILES string of the molecule is CC(C)CC1=CCCC1Oc1c[nH]c(=S)[nH]1. The van der Waals surface area contributed by atoms with Gasteiger partial charge < -0.3 is 14.7 Å². The van der Waals surface area contributed by atoms with Gasteiger partial charge in [-0.1, -0.05) is 19.9 Å². The van der Waals surface area contributed by atoms with Crippen LogP contribution in [0.2, 0.25) is 0 Å². The van der Waals surface area contributed by atoms with Crippen molar-refractivity contribution in [3.63, 3.8) is 0 Å². The van der Waals surface area contributed by atoms with Crippen LogP contribution < -0.4 is 4.74 Å².